The summed E-state index contributed by atoms with van der Waals surface area (Å²) in [5.74, 6) is 1.67. The summed E-state index contributed by atoms with van der Waals surface area (Å²) in [7, 11) is 1.86. The SMILES string of the molecule is COc1ccc(S(C)(c2ccc(C=O)cc2)c2ccc(OC)cc2)cc1. The van der Waals surface area contributed by atoms with Crippen LogP contribution in [0.4, 0.5) is 0 Å². The normalized spacial score (nSPS) is 11.7. The van der Waals surface area contributed by atoms with Gasteiger partial charge >= 0.3 is 0 Å². The first-order valence-corrected chi connectivity index (χ1v) is 10.3. The third-order valence-electron chi connectivity index (χ3n) is 4.55. The van der Waals surface area contributed by atoms with Crippen LogP contribution in [0.1, 0.15) is 10.4 Å². The molecule has 0 radical (unpaired) electrons. The molecule has 26 heavy (non-hydrogen) atoms. The smallest absolute Gasteiger partial charge is 0.150 e. The molecule has 3 aromatic rings. The highest BCUT2D eigenvalue weighted by Crippen LogP contribution is 2.65. The van der Waals surface area contributed by atoms with Crippen LogP contribution >= 0.6 is 10.0 Å². The van der Waals surface area contributed by atoms with Gasteiger partial charge in [-0.3, -0.25) is 4.79 Å². The summed E-state index contributed by atoms with van der Waals surface area (Å²) in [5, 5.41) is 0. The van der Waals surface area contributed by atoms with Gasteiger partial charge in [0.15, 0.2) is 0 Å². The Balaban J connectivity index is 2.16. The van der Waals surface area contributed by atoms with Crippen molar-refractivity contribution in [2.24, 2.45) is 0 Å². The van der Waals surface area contributed by atoms with Gasteiger partial charge in [-0.25, -0.2) is 0 Å². The van der Waals surface area contributed by atoms with E-state index >= 15 is 0 Å². The Morgan fingerprint density at radius 3 is 1.31 bits per heavy atom. The summed E-state index contributed by atoms with van der Waals surface area (Å²) in [4.78, 5) is 14.7. The van der Waals surface area contributed by atoms with E-state index in [1.807, 2.05) is 48.5 Å². The fourth-order valence-electron chi connectivity index (χ4n) is 2.92. The van der Waals surface area contributed by atoms with E-state index < -0.39 is 10.0 Å². The first-order chi connectivity index (χ1) is 12.6. The second kappa shape index (κ2) is 7.67. The maximum Gasteiger partial charge on any atom is 0.150 e. The summed E-state index contributed by atoms with van der Waals surface area (Å²) >= 11 is 0. The van der Waals surface area contributed by atoms with E-state index in [0.29, 0.717) is 5.56 Å². The number of rotatable bonds is 6. The monoisotopic (exact) mass is 366 g/mol. The lowest BCUT2D eigenvalue weighted by Crippen LogP contribution is -2.02. The van der Waals surface area contributed by atoms with Crippen LogP contribution in [0.15, 0.2) is 87.5 Å². The molecule has 0 amide bonds. The van der Waals surface area contributed by atoms with Gasteiger partial charge in [-0.2, -0.15) is 10.0 Å². The third-order valence-corrected chi connectivity index (χ3v) is 8.19. The van der Waals surface area contributed by atoms with E-state index in [1.54, 1.807) is 14.2 Å². The van der Waals surface area contributed by atoms with Crippen molar-refractivity contribution in [1.82, 2.24) is 0 Å². The van der Waals surface area contributed by atoms with Gasteiger partial charge in [0.25, 0.3) is 0 Å². The number of benzene rings is 3. The van der Waals surface area contributed by atoms with Crippen molar-refractivity contribution >= 4 is 16.3 Å². The van der Waals surface area contributed by atoms with Crippen LogP contribution in [0.3, 0.4) is 0 Å². The molecule has 0 atom stereocenters. The molecule has 0 fully saturated rings. The lowest BCUT2D eigenvalue weighted by molar-refractivity contribution is 0.112. The molecule has 134 valence electrons. The number of hydrogen-bond acceptors (Lipinski definition) is 3. The molecule has 3 rings (SSSR count). The average molecular weight is 366 g/mol. The van der Waals surface area contributed by atoms with Crippen LogP contribution in [-0.4, -0.2) is 26.8 Å². The molecule has 0 spiro atoms. The lowest BCUT2D eigenvalue weighted by Gasteiger charge is -2.37. The van der Waals surface area contributed by atoms with Crippen molar-refractivity contribution in [1.29, 1.82) is 0 Å². The molecule has 0 heterocycles. The maximum atomic E-state index is 11.0. The molecule has 4 heteroatoms. The fourth-order valence-corrected chi connectivity index (χ4v) is 5.78. The maximum absolute atomic E-state index is 11.0. The largest absolute Gasteiger partial charge is 0.497 e. The molecule has 0 unspecified atom stereocenters. The van der Waals surface area contributed by atoms with Crippen molar-refractivity contribution in [2.45, 2.75) is 14.7 Å². The molecule has 0 aliphatic heterocycles. The zero-order valence-corrected chi connectivity index (χ0v) is 16.0. The number of hydrogen-bond donors (Lipinski definition) is 0. The van der Waals surface area contributed by atoms with Gasteiger partial charge < -0.3 is 9.47 Å². The summed E-state index contributed by atoms with van der Waals surface area (Å²) in [6, 6.07) is 24.3. The summed E-state index contributed by atoms with van der Waals surface area (Å²) in [5.41, 5.74) is 0.681. The van der Waals surface area contributed by atoms with E-state index in [2.05, 4.69) is 30.5 Å². The number of carbonyl (C=O) groups excluding carboxylic acids is 1. The van der Waals surface area contributed by atoms with Crippen LogP contribution in [-0.2, 0) is 0 Å². The van der Waals surface area contributed by atoms with Gasteiger partial charge in [-0.05, 0) is 81.6 Å². The number of carbonyl (C=O) groups is 1. The first kappa shape index (κ1) is 18.1. The average Bonchev–Trinajstić information content (AvgIpc) is 2.73. The molecule has 0 aliphatic carbocycles. The quantitative estimate of drug-likeness (QED) is 0.546. The Labute approximate surface area is 155 Å². The van der Waals surface area contributed by atoms with Crippen molar-refractivity contribution in [3.8, 4) is 11.5 Å². The van der Waals surface area contributed by atoms with Crippen LogP contribution in [0.5, 0.6) is 11.5 Å². The summed E-state index contributed by atoms with van der Waals surface area (Å²) < 4.78 is 10.6. The molecule has 0 aliphatic rings. The van der Waals surface area contributed by atoms with Gasteiger partial charge in [0.1, 0.15) is 17.8 Å². The third kappa shape index (κ3) is 3.33. The van der Waals surface area contributed by atoms with Crippen molar-refractivity contribution in [3.05, 3.63) is 78.4 Å². The van der Waals surface area contributed by atoms with Gasteiger partial charge in [0.05, 0.1) is 14.2 Å². The minimum atomic E-state index is -1.48. The fraction of sp³-hybridized carbons (Fsp3) is 0.136. The van der Waals surface area contributed by atoms with E-state index in [-0.39, 0.29) is 0 Å². The number of ether oxygens (including phenoxy) is 2. The first-order valence-electron chi connectivity index (χ1n) is 8.23. The molecule has 0 saturated carbocycles. The molecule has 3 nitrogen and oxygen atoms in total. The van der Waals surface area contributed by atoms with Gasteiger partial charge in [0.2, 0.25) is 0 Å². The van der Waals surface area contributed by atoms with Gasteiger partial charge in [-0.1, -0.05) is 12.1 Å². The van der Waals surface area contributed by atoms with E-state index in [0.717, 1.165) is 17.8 Å². The lowest BCUT2D eigenvalue weighted by atomic mass is 10.2. The Morgan fingerprint density at radius 2 is 1.00 bits per heavy atom. The van der Waals surface area contributed by atoms with E-state index in [9.17, 15) is 4.79 Å². The Kier molecular flexibility index (Phi) is 5.33. The second-order valence-electron chi connectivity index (χ2n) is 5.96. The Morgan fingerprint density at radius 1 is 0.654 bits per heavy atom. The van der Waals surface area contributed by atoms with Crippen LogP contribution < -0.4 is 9.47 Å². The van der Waals surface area contributed by atoms with Crippen molar-refractivity contribution in [3.63, 3.8) is 0 Å². The highest BCUT2D eigenvalue weighted by Gasteiger charge is 2.26. The number of methoxy groups -OCH3 is 2. The molecule has 3 aromatic carbocycles. The van der Waals surface area contributed by atoms with E-state index in [4.69, 9.17) is 9.47 Å². The van der Waals surface area contributed by atoms with Gasteiger partial charge in [0, 0.05) is 5.56 Å². The minimum Gasteiger partial charge on any atom is -0.497 e. The molecular weight excluding hydrogens is 344 g/mol. The van der Waals surface area contributed by atoms with Crippen LogP contribution in [0.2, 0.25) is 0 Å². The van der Waals surface area contributed by atoms with Crippen LogP contribution in [0.25, 0.3) is 0 Å². The van der Waals surface area contributed by atoms with Gasteiger partial charge in [-0.15, -0.1) is 0 Å². The molecule has 0 bridgehead atoms. The van der Waals surface area contributed by atoms with Crippen LogP contribution in [0, 0.1) is 0 Å². The molecule has 0 N–H and O–H groups in total. The molecular formula is C22H22O3S. The summed E-state index contributed by atoms with van der Waals surface area (Å²) in [6.07, 6.45) is 3.14. The second-order valence-corrected chi connectivity index (χ2v) is 9.21. The van der Waals surface area contributed by atoms with Crippen molar-refractivity contribution in [2.75, 3.05) is 20.5 Å². The zero-order chi connectivity index (χ0) is 18.6. The molecule has 0 saturated heterocycles. The predicted molar refractivity (Wildman–Crippen MR) is 106 cm³/mol. The topological polar surface area (TPSA) is 35.5 Å². The predicted octanol–water partition coefficient (Wildman–Crippen LogP) is 5.43. The van der Waals surface area contributed by atoms with E-state index in [1.165, 1.54) is 14.7 Å². The minimum absolute atomic E-state index is 0.681. The number of aldehydes is 1. The standard InChI is InChI=1S/C22H22O3S/c1-24-18-6-12-21(13-7-18)26(3,20-10-4-17(16-23)5-11-20)22-14-8-19(25-2)9-15-22/h4-16H,1-3H3. The Hall–Kier alpha value is -2.72. The Bertz CT molecular complexity index is 821. The van der Waals surface area contributed by atoms with Crippen molar-refractivity contribution < 1.29 is 14.3 Å². The highest BCUT2D eigenvalue weighted by atomic mass is 32.3. The zero-order valence-electron chi connectivity index (χ0n) is 15.1. The highest BCUT2D eigenvalue weighted by molar-refractivity contribution is 8.33. The molecule has 0 aromatic heterocycles. The summed E-state index contributed by atoms with van der Waals surface area (Å²) in [6.45, 7) is 0.